The second-order valence-corrected chi connectivity index (χ2v) is 7.81. The van der Waals surface area contributed by atoms with Gasteiger partial charge in [0.1, 0.15) is 5.01 Å². The quantitative estimate of drug-likeness (QED) is 0.844. The molecule has 3 rings (SSSR count). The molecule has 2 N–H and O–H groups in total. The molecule has 0 spiro atoms. The van der Waals surface area contributed by atoms with Crippen molar-refractivity contribution in [2.45, 2.75) is 46.6 Å². The molecule has 2 aromatic rings. The minimum atomic E-state index is 0.145. The second-order valence-electron chi connectivity index (χ2n) is 6.78. The molecule has 1 aliphatic rings. The van der Waals surface area contributed by atoms with E-state index in [1.165, 1.54) is 27.3 Å². The van der Waals surface area contributed by atoms with Crippen molar-refractivity contribution in [2.75, 3.05) is 0 Å². The molecule has 0 aliphatic heterocycles. The SMILES string of the molecule is Cc1ccc(-c2nc3c(s2)C(N)CC(C)(C)C3)cc1C. The molecule has 0 radical (unpaired) electrons. The molecule has 0 fully saturated rings. The van der Waals surface area contributed by atoms with Crippen LogP contribution in [0.15, 0.2) is 18.2 Å². The van der Waals surface area contributed by atoms with E-state index >= 15 is 0 Å². The van der Waals surface area contributed by atoms with Crippen molar-refractivity contribution >= 4 is 11.3 Å². The summed E-state index contributed by atoms with van der Waals surface area (Å²) in [4.78, 5) is 6.17. The number of aryl methyl sites for hydroxylation is 2. The van der Waals surface area contributed by atoms with Gasteiger partial charge in [-0.1, -0.05) is 26.0 Å². The van der Waals surface area contributed by atoms with Gasteiger partial charge in [0.2, 0.25) is 0 Å². The maximum Gasteiger partial charge on any atom is 0.123 e. The van der Waals surface area contributed by atoms with Crippen LogP contribution in [0.3, 0.4) is 0 Å². The fraction of sp³-hybridized carbons (Fsp3) is 0.471. The molecule has 1 aromatic heterocycles. The number of benzene rings is 1. The van der Waals surface area contributed by atoms with Crippen molar-refractivity contribution in [3.63, 3.8) is 0 Å². The summed E-state index contributed by atoms with van der Waals surface area (Å²) in [5.74, 6) is 0. The Bertz CT molecular complexity index is 655. The van der Waals surface area contributed by atoms with E-state index in [2.05, 4.69) is 45.9 Å². The lowest BCUT2D eigenvalue weighted by molar-refractivity contribution is 0.282. The molecular weight excluding hydrogens is 264 g/mol. The van der Waals surface area contributed by atoms with Crippen molar-refractivity contribution < 1.29 is 0 Å². The number of rotatable bonds is 1. The maximum absolute atomic E-state index is 6.34. The third-order valence-electron chi connectivity index (χ3n) is 4.24. The van der Waals surface area contributed by atoms with Crippen molar-refractivity contribution in [3.8, 4) is 10.6 Å². The molecule has 1 atom stereocenters. The van der Waals surface area contributed by atoms with Crippen LogP contribution in [0.2, 0.25) is 0 Å². The number of hydrogen-bond acceptors (Lipinski definition) is 3. The smallest absolute Gasteiger partial charge is 0.123 e. The summed E-state index contributed by atoms with van der Waals surface area (Å²) in [5.41, 5.74) is 11.7. The van der Waals surface area contributed by atoms with E-state index < -0.39 is 0 Å². The predicted molar refractivity (Wildman–Crippen MR) is 86.1 cm³/mol. The molecule has 3 heteroatoms. The van der Waals surface area contributed by atoms with E-state index in [1.807, 2.05) is 0 Å². The van der Waals surface area contributed by atoms with Gasteiger partial charge in [-0.2, -0.15) is 0 Å². The lowest BCUT2D eigenvalue weighted by atomic mass is 9.77. The van der Waals surface area contributed by atoms with E-state index in [-0.39, 0.29) is 11.5 Å². The molecule has 0 saturated carbocycles. The van der Waals surface area contributed by atoms with Crippen LogP contribution in [0.1, 0.15) is 48.0 Å². The Morgan fingerprint density at radius 1 is 1.25 bits per heavy atom. The van der Waals surface area contributed by atoms with Crippen LogP contribution >= 0.6 is 11.3 Å². The van der Waals surface area contributed by atoms with Gasteiger partial charge in [0.15, 0.2) is 0 Å². The molecule has 2 nitrogen and oxygen atoms in total. The monoisotopic (exact) mass is 286 g/mol. The fourth-order valence-corrected chi connectivity index (χ4v) is 4.07. The Labute approximate surface area is 125 Å². The van der Waals surface area contributed by atoms with Crippen molar-refractivity contribution in [2.24, 2.45) is 11.1 Å². The highest BCUT2D eigenvalue weighted by molar-refractivity contribution is 7.15. The first-order valence-corrected chi connectivity index (χ1v) is 8.00. The number of hydrogen-bond donors (Lipinski definition) is 1. The highest BCUT2D eigenvalue weighted by Gasteiger charge is 2.33. The van der Waals surface area contributed by atoms with Gasteiger partial charge in [-0.05, 0) is 49.3 Å². The Morgan fingerprint density at radius 3 is 2.70 bits per heavy atom. The topological polar surface area (TPSA) is 38.9 Å². The number of nitrogens with zero attached hydrogens (tertiary/aromatic N) is 1. The van der Waals surface area contributed by atoms with E-state index in [0.717, 1.165) is 17.8 Å². The van der Waals surface area contributed by atoms with Gasteiger partial charge in [-0.25, -0.2) is 4.98 Å². The number of fused-ring (bicyclic) bond motifs is 1. The molecule has 0 amide bonds. The molecule has 1 heterocycles. The Kier molecular flexibility index (Phi) is 3.22. The average Bonchev–Trinajstić information content (AvgIpc) is 2.75. The van der Waals surface area contributed by atoms with Gasteiger partial charge in [0, 0.05) is 16.5 Å². The van der Waals surface area contributed by atoms with Gasteiger partial charge in [-0.3, -0.25) is 0 Å². The van der Waals surface area contributed by atoms with E-state index in [1.54, 1.807) is 11.3 Å². The van der Waals surface area contributed by atoms with Crippen molar-refractivity contribution in [3.05, 3.63) is 39.9 Å². The summed E-state index contributed by atoms with van der Waals surface area (Å²) in [6, 6.07) is 6.72. The molecule has 106 valence electrons. The molecule has 1 unspecified atom stereocenters. The third-order valence-corrected chi connectivity index (χ3v) is 5.52. The summed E-state index contributed by atoms with van der Waals surface area (Å²) >= 11 is 1.78. The van der Waals surface area contributed by atoms with E-state index in [0.29, 0.717) is 0 Å². The number of thiazole rings is 1. The summed E-state index contributed by atoms with van der Waals surface area (Å²) in [6.07, 6.45) is 2.09. The van der Waals surface area contributed by atoms with Crippen LogP contribution in [0.5, 0.6) is 0 Å². The highest BCUT2D eigenvalue weighted by atomic mass is 32.1. The average molecular weight is 286 g/mol. The maximum atomic E-state index is 6.34. The molecule has 20 heavy (non-hydrogen) atoms. The molecular formula is C17H22N2S. The predicted octanol–water partition coefficient (Wildman–Crippen LogP) is 4.40. The zero-order valence-corrected chi connectivity index (χ0v) is 13.5. The standard InChI is InChI=1S/C17H22N2S/c1-10-5-6-12(7-11(10)2)16-19-14-9-17(3,4)8-13(18)15(14)20-16/h5-7,13H,8-9,18H2,1-4H3. The van der Waals surface area contributed by atoms with E-state index in [4.69, 9.17) is 10.7 Å². The molecule has 1 aromatic carbocycles. The number of nitrogens with two attached hydrogens (primary N) is 1. The Hall–Kier alpha value is -1.19. The summed E-state index contributed by atoms with van der Waals surface area (Å²) in [5, 5.41) is 1.12. The zero-order valence-electron chi connectivity index (χ0n) is 12.7. The normalized spacial score (nSPS) is 20.8. The minimum absolute atomic E-state index is 0.145. The molecule has 0 saturated heterocycles. The van der Waals surface area contributed by atoms with Gasteiger partial charge in [0.05, 0.1) is 5.69 Å². The van der Waals surface area contributed by atoms with Crippen LogP contribution < -0.4 is 5.73 Å². The lowest BCUT2D eigenvalue weighted by Crippen LogP contribution is -2.28. The van der Waals surface area contributed by atoms with Gasteiger partial charge in [0.25, 0.3) is 0 Å². The van der Waals surface area contributed by atoms with Crippen LogP contribution in [0.25, 0.3) is 10.6 Å². The van der Waals surface area contributed by atoms with Crippen molar-refractivity contribution in [1.82, 2.24) is 4.98 Å². The first kappa shape index (κ1) is 13.8. The summed E-state index contributed by atoms with van der Waals surface area (Å²) in [6.45, 7) is 8.86. The van der Waals surface area contributed by atoms with Crippen LogP contribution in [0, 0.1) is 19.3 Å². The minimum Gasteiger partial charge on any atom is -0.323 e. The first-order chi connectivity index (χ1) is 9.35. The highest BCUT2D eigenvalue weighted by Crippen LogP contribution is 2.43. The third kappa shape index (κ3) is 2.40. The van der Waals surface area contributed by atoms with Crippen LogP contribution in [-0.4, -0.2) is 4.98 Å². The number of aromatic nitrogens is 1. The lowest BCUT2D eigenvalue weighted by Gasteiger charge is -2.32. The summed E-state index contributed by atoms with van der Waals surface area (Å²) in [7, 11) is 0. The largest absolute Gasteiger partial charge is 0.323 e. The van der Waals surface area contributed by atoms with Crippen LogP contribution in [-0.2, 0) is 6.42 Å². The molecule has 1 aliphatic carbocycles. The van der Waals surface area contributed by atoms with Crippen LogP contribution in [0.4, 0.5) is 0 Å². The Balaban J connectivity index is 2.03. The van der Waals surface area contributed by atoms with Gasteiger partial charge >= 0.3 is 0 Å². The molecule has 0 bridgehead atoms. The van der Waals surface area contributed by atoms with Crippen molar-refractivity contribution in [1.29, 1.82) is 0 Å². The first-order valence-electron chi connectivity index (χ1n) is 7.18. The second kappa shape index (κ2) is 4.68. The van der Waals surface area contributed by atoms with Gasteiger partial charge < -0.3 is 5.73 Å². The van der Waals surface area contributed by atoms with E-state index in [9.17, 15) is 0 Å². The zero-order chi connectivity index (χ0) is 14.5. The fourth-order valence-electron chi connectivity index (χ4n) is 2.99. The summed E-state index contributed by atoms with van der Waals surface area (Å²) < 4.78 is 0. The van der Waals surface area contributed by atoms with Gasteiger partial charge in [-0.15, -0.1) is 11.3 Å². The Morgan fingerprint density at radius 2 is 2.00 bits per heavy atom.